The van der Waals surface area contributed by atoms with Gasteiger partial charge in [-0.15, -0.1) is 0 Å². The van der Waals surface area contributed by atoms with Crippen molar-refractivity contribution in [1.82, 2.24) is 0 Å². The van der Waals surface area contributed by atoms with Crippen molar-refractivity contribution in [3.8, 4) is 0 Å². The summed E-state index contributed by atoms with van der Waals surface area (Å²) >= 11 is 3.30. The summed E-state index contributed by atoms with van der Waals surface area (Å²) in [6.45, 7) is 0. The highest BCUT2D eigenvalue weighted by molar-refractivity contribution is 9.10. The number of rotatable bonds is 7. The summed E-state index contributed by atoms with van der Waals surface area (Å²) in [6, 6.07) is 7.10. The molecule has 0 radical (unpaired) electrons. The molecule has 7 heteroatoms. The second-order valence-corrected chi connectivity index (χ2v) is 7.73. The zero-order valence-electron chi connectivity index (χ0n) is 11.3. The highest BCUT2D eigenvalue weighted by Crippen LogP contribution is 2.49. The lowest BCUT2D eigenvalue weighted by Gasteiger charge is -2.12. The van der Waals surface area contributed by atoms with Crippen molar-refractivity contribution in [2.45, 2.75) is 19.3 Å². The van der Waals surface area contributed by atoms with Gasteiger partial charge in [0.2, 0.25) is 5.91 Å². The van der Waals surface area contributed by atoms with Gasteiger partial charge in [0.1, 0.15) is 5.75 Å². The fourth-order valence-corrected chi connectivity index (χ4v) is 3.94. The number of carbonyl (C=O) groups is 2. The molecule has 114 valence electrons. The molecule has 2 rings (SSSR count). The van der Waals surface area contributed by atoms with Crippen LogP contribution in [-0.2, 0) is 20.4 Å². The number of benzene rings is 1. The quantitative estimate of drug-likeness (QED) is 0.768. The van der Waals surface area contributed by atoms with Gasteiger partial charge in [-0.25, -0.2) is 0 Å². The van der Waals surface area contributed by atoms with Gasteiger partial charge >= 0.3 is 5.97 Å². The lowest BCUT2D eigenvalue weighted by molar-refractivity contribution is -0.138. The molecular formula is C14H16BrNO4S. The van der Waals surface area contributed by atoms with Crippen LogP contribution in [0.15, 0.2) is 28.7 Å². The van der Waals surface area contributed by atoms with Crippen LogP contribution < -0.4 is 5.32 Å². The third-order valence-corrected chi connectivity index (χ3v) is 5.42. The van der Waals surface area contributed by atoms with Gasteiger partial charge in [-0.05, 0) is 42.5 Å². The molecule has 1 aromatic rings. The molecule has 1 saturated carbocycles. The summed E-state index contributed by atoms with van der Waals surface area (Å²) in [6.07, 6.45) is 1.59. The van der Waals surface area contributed by atoms with Crippen LogP contribution in [-0.4, -0.2) is 32.7 Å². The van der Waals surface area contributed by atoms with Crippen molar-refractivity contribution in [2.75, 3.05) is 16.8 Å². The maximum absolute atomic E-state index is 12.0. The van der Waals surface area contributed by atoms with Gasteiger partial charge < -0.3 is 10.4 Å². The predicted octanol–water partition coefficient (Wildman–Crippen LogP) is 2.39. The first kappa shape index (κ1) is 16.2. The largest absolute Gasteiger partial charge is 0.481 e. The number of carboxylic acid groups (broad SMARTS) is 1. The minimum Gasteiger partial charge on any atom is -0.481 e. The van der Waals surface area contributed by atoms with E-state index in [-0.39, 0.29) is 29.2 Å². The number of carboxylic acids is 1. The molecule has 0 bridgehead atoms. The highest BCUT2D eigenvalue weighted by Gasteiger charge is 2.45. The first-order valence-corrected chi connectivity index (χ1v) is 8.79. The zero-order valence-corrected chi connectivity index (χ0v) is 13.7. The number of hydrogen-bond acceptors (Lipinski definition) is 3. The zero-order chi connectivity index (χ0) is 15.5. The highest BCUT2D eigenvalue weighted by atomic mass is 79.9. The van der Waals surface area contributed by atoms with Crippen molar-refractivity contribution in [3.63, 3.8) is 0 Å². The molecule has 5 nitrogen and oxygen atoms in total. The van der Waals surface area contributed by atoms with Crippen molar-refractivity contribution in [2.24, 2.45) is 5.41 Å². The third-order valence-electron chi connectivity index (χ3n) is 3.37. The fourth-order valence-electron chi connectivity index (χ4n) is 2.14. The van der Waals surface area contributed by atoms with Crippen LogP contribution >= 0.6 is 15.9 Å². The lowest BCUT2D eigenvalue weighted by Crippen LogP contribution is -2.25. The van der Waals surface area contributed by atoms with Gasteiger partial charge in [0.25, 0.3) is 0 Å². The molecule has 1 aliphatic carbocycles. The second kappa shape index (κ2) is 6.70. The molecule has 1 unspecified atom stereocenters. The Bertz CT molecular complexity index is 569. The number of aliphatic carboxylic acids is 1. The summed E-state index contributed by atoms with van der Waals surface area (Å²) < 4.78 is 12.9. The Hall–Kier alpha value is -1.21. The Morgan fingerprint density at radius 1 is 1.29 bits per heavy atom. The predicted molar refractivity (Wildman–Crippen MR) is 84.6 cm³/mol. The van der Waals surface area contributed by atoms with E-state index in [2.05, 4.69) is 21.2 Å². The molecule has 2 N–H and O–H groups in total. The average Bonchev–Trinajstić information content (AvgIpc) is 3.10. The molecule has 0 heterocycles. The van der Waals surface area contributed by atoms with E-state index in [1.165, 1.54) is 0 Å². The van der Waals surface area contributed by atoms with Crippen LogP contribution in [0.25, 0.3) is 0 Å². The molecule has 0 spiro atoms. The van der Waals surface area contributed by atoms with Crippen LogP contribution in [0.3, 0.4) is 0 Å². The smallest absolute Gasteiger partial charge is 0.303 e. The summed E-state index contributed by atoms with van der Waals surface area (Å²) in [4.78, 5) is 22.5. The van der Waals surface area contributed by atoms with Crippen LogP contribution in [0.5, 0.6) is 0 Å². The van der Waals surface area contributed by atoms with E-state index in [9.17, 15) is 13.8 Å². The van der Waals surface area contributed by atoms with Gasteiger partial charge in [-0.3, -0.25) is 13.8 Å². The SMILES string of the molecule is O=C(O)CC1(CS(=O)CC(=O)Nc2ccc(Br)cc2)CC1. The number of hydrogen-bond donors (Lipinski definition) is 2. The fraction of sp³-hybridized carbons (Fsp3) is 0.429. The number of nitrogens with one attached hydrogen (secondary N) is 1. The number of halogens is 1. The molecule has 1 aromatic carbocycles. The van der Waals surface area contributed by atoms with Gasteiger partial charge in [-0.2, -0.15) is 0 Å². The lowest BCUT2D eigenvalue weighted by atomic mass is 10.1. The van der Waals surface area contributed by atoms with Crippen molar-refractivity contribution in [3.05, 3.63) is 28.7 Å². The van der Waals surface area contributed by atoms with Gasteiger partial charge in [0.05, 0.1) is 6.42 Å². The van der Waals surface area contributed by atoms with Gasteiger partial charge in [0, 0.05) is 26.7 Å². The molecule has 0 saturated heterocycles. The van der Waals surface area contributed by atoms with E-state index in [0.29, 0.717) is 5.69 Å². The van der Waals surface area contributed by atoms with Crippen LogP contribution in [0.1, 0.15) is 19.3 Å². The normalized spacial score (nSPS) is 17.0. The van der Waals surface area contributed by atoms with E-state index in [0.717, 1.165) is 17.3 Å². The summed E-state index contributed by atoms with van der Waals surface area (Å²) in [5.41, 5.74) is 0.293. The van der Waals surface area contributed by atoms with Crippen molar-refractivity contribution in [1.29, 1.82) is 0 Å². The number of anilines is 1. The average molecular weight is 374 g/mol. The van der Waals surface area contributed by atoms with Gasteiger partial charge in [-0.1, -0.05) is 15.9 Å². The Labute approximate surface area is 133 Å². The Kier molecular flexibility index (Phi) is 5.16. The number of amides is 1. The van der Waals surface area contributed by atoms with Crippen LogP contribution in [0.4, 0.5) is 5.69 Å². The van der Waals surface area contributed by atoms with E-state index in [4.69, 9.17) is 5.11 Å². The van der Waals surface area contributed by atoms with Crippen LogP contribution in [0, 0.1) is 5.41 Å². The molecular weight excluding hydrogens is 358 g/mol. The Balaban J connectivity index is 1.81. The maximum atomic E-state index is 12.0. The van der Waals surface area contributed by atoms with E-state index < -0.39 is 16.8 Å². The first-order valence-electron chi connectivity index (χ1n) is 6.51. The Morgan fingerprint density at radius 3 is 2.43 bits per heavy atom. The standard InChI is InChI=1S/C14H16BrNO4S/c15-10-1-3-11(4-2-10)16-12(17)8-21(20)9-14(5-6-14)7-13(18)19/h1-4H,5-9H2,(H,16,17)(H,18,19). The summed E-state index contributed by atoms with van der Waals surface area (Å²) in [7, 11) is -1.34. The molecule has 21 heavy (non-hydrogen) atoms. The van der Waals surface area contributed by atoms with E-state index >= 15 is 0 Å². The van der Waals surface area contributed by atoms with E-state index in [1.54, 1.807) is 24.3 Å². The second-order valence-electron chi connectivity index (χ2n) is 5.35. The van der Waals surface area contributed by atoms with Crippen LogP contribution in [0.2, 0.25) is 0 Å². The minimum atomic E-state index is -1.34. The van der Waals surface area contributed by atoms with E-state index in [1.807, 2.05) is 0 Å². The molecule has 1 aliphatic rings. The molecule has 1 fully saturated rings. The third kappa shape index (κ3) is 5.24. The molecule has 1 atom stereocenters. The monoisotopic (exact) mass is 373 g/mol. The van der Waals surface area contributed by atoms with Crippen molar-refractivity contribution >= 4 is 44.3 Å². The maximum Gasteiger partial charge on any atom is 0.303 e. The summed E-state index contributed by atoms with van der Waals surface area (Å²) in [5, 5.41) is 11.5. The number of carbonyl (C=O) groups excluding carboxylic acids is 1. The summed E-state index contributed by atoms with van der Waals surface area (Å²) in [5.74, 6) is -1.00. The van der Waals surface area contributed by atoms with Crippen molar-refractivity contribution < 1.29 is 18.9 Å². The first-order chi connectivity index (χ1) is 9.88. The topological polar surface area (TPSA) is 83.5 Å². The minimum absolute atomic E-state index is 0.0348. The molecule has 0 aliphatic heterocycles. The Morgan fingerprint density at radius 2 is 1.90 bits per heavy atom. The van der Waals surface area contributed by atoms with Gasteiger partial charge in [0.15, 0.2) is 0 Å². The molecule has 0 aromatic heterocycles. The molecule has 1 amide bonds.